The van der Waals surface area contributed by atoms with Crippen LogP contribution in [0.1, 0.15) is 16.8 Å². The molecule has 2 heterocycles. The van der Waals surface area contributed by atoms with Crippen molar-refractivity contribution in [3.8, 4) is 0 Å². The maximum Gasteiger partial charge on any atom is 0.256 e. The lowest BCUT2D eigenvalue weighted by Crippen LogP contribution is -2.65. The Morgan fingerprint density at radius 1 is 1.27 bits per heavy atom. The van der Waals surface area contributed by atoms with Gasteiger partial charge in [-0.1, -0.05) is 0 Å². The highest BCUT2D eigenvalue weighted by molar-refractivity contribution is 7.88. The Hall–Kier alpha value is -1.54. The van der Waals surface area contributed by atoms with Crippen LogP contribution in [0.4, 0.5) is 8.78 Å². The van der Waals surface area contributed by atoms with Crippen molar-refractivity contribution in [3.63, 3.8) is 0 Å². The predicted molar refractivity (Wildman–Crippen MR) is 75.7 cm³/mol. The summed E-state index contributed by atoms with van der Waals surface area (Å²) >= 11 is 0. The van der Waals surface area contributed by atoms with Crippen LogP contribution in [0.2, 0.25) is 0 Å². The Morgan fingerprint density at radius 3 is 2.64 bits per heavy atom. The maximum absolute atomic E-state index is 13.7. The van der Waals surface area contributed by atoms with Crippen molar-refractivity contribution in [2.75, 3.05) is 25.9 Å². The normalized spacial score (nSPS) is 25.5. The summed E-state index contributed by atoms with van der Waals surface area (Å²) in [4.78, 5) is 13.8. The van der Waals surface area contributed by atoms with Gasteiger partial charge in [-0.3, -0.25) is 4.79 Å². The number of fused-ring (bicyclic) bond motifs is 1. The van der Waals surface area contributed by atoms with Gasteiger partial charge in [0.25, 0.3) is 5.91 Å². The highest BCUT2D eigenvalue weighted by Crippen LogP contribution is 2.34. The van der Waals surface area contributed by atoms with Crippen molar-refractivity contribution in [1.29, 1.82) is 0 Å². The van der Waals surface area contributed by atoms with Crippen LogP contribution in [0, 0.1) is 17.6 Å². The van der Waals surface area contributed by atoms with Gasteiger partial charge in [0.1, 0.15) is 11.6 Å². The Morgan fingerprint density at radius 2 is 2.00 bits per heavy atom. The number of hydrogen-bond acceptors (Lipinski definition) is 3. The third kappa shape index (κ3) is 2.61. The molecule has 0 N–H and O–H groups in total. The zero-order valence-corrected chi connectivity index (χ0v) is 12.8. The molecule has 0 aliphatic carbocycles. The number of sulfonamides is 1. The van der Waals surface area contributed by atoms with Gasteiger partial charge in [0.2, 0.25) is 10.0 Å². The van der Waals surface area contributed by atoms with Crippen LogP contribution in [-0.2, 0) is 10.0 Å². The molecule has 2 saturated heterocycles. The van der Waals surface area contributed by atoms with Gasteiger partial charge in [-0.2, -0.15) is 4.31 Å². The van der Waals surface area contributed by atoms with Gasteiger partial charge in [0.05, 0.1) is 11.8 Å². The van der Waals surface area contributed by atoms with Gasteiger partial charge in [0, 0.05) is 31.7 Å². The fourth-order valence-corrected chi connectivity index (χ4v) is 4.34. The van der Waals surface area contributed by atoms with E-state index in [0.717, 1.165) is 18.4 Å². The summed E-state index contributed by atoms with van der Waals surface area (Å²) < 4.78 is 51.3. The molecule has 2 aliphatic rings. The van der Waals surface area contributed by atoms with Crippen molar-refractivity contribution in [2.45, 2.75) is 12.5 Å². The monoisotopic (exact) mass is 330 g/mol. The third-order valence-electron chi connectivity index (χ3n) is 4.38. The first-order valence-corrected chi connectivity index (χ1v) is 8.83. The van der Waals surface area contributed by atoms with Crippen molar-refractivity contribution in [3.05, 3.63) is 35.4 Å². The average Bonchev–Trinajstić information content (AvgIpc) is 2.38. The summed E-state index contributed by atoms with van der Waals surface area (Å²) in [6.07, 6.45) is 1.83. The van der Waals surface area contributed by atoms with Crippen LogP contribution in [0.3, 0.4) is 0 Å². The standard InChI is InChI=1S/C14H16F2N2O3S/c1-22(20,21)18-7-9-4-5-17(8-13(9)18)14(19)11-3-2-10(15)6-12(11)16/h2-3,6,9,13H,4-5,7-8H2,1H3. The Labute approximate surface area is 127 Å². The van der Waals surface area contributed by atoms with Crippen molar-refractivity contribution >= 4 is 15.9 Å². The Kier molecular flexibility index (Phi) is 3.68. The second-order valence-corrected chi connectivity index (χ2v) is 7.76. The first-order valence-electron chi connectivity index (χ1n) is 6.98. The number of piperidine rings is 1. The van der Waals surface area contributed by atoms with Crippen LogP contribution < -0.4 is 0 Å². The molecule has 1 aromatic rings. The molecule has 0 spiro atoms. The summed E-state index contributed by atoms with van der Waals surface area (Å²) in [6.45, 7) is 1.18. The van der Waals surface area contributed by atoms with Crippen molar-refractivity contribution in [2.24, 2.45) is 5.92 Å². The first kappa shape index (κ1) is 15.4. The van der Waals surface area contributed by atoms with E-state index in [9.17, 15) is 22.0 Å². The zero-order chi connectivity index (χ0) is 16.1. The van der Waals surface area contributed by atoms with Gasteiger partial charge in [-0.15, -0.1) is 0 Å². The molecule has 2 fully saturated rings. The van der Waals surface area contributed by atoms with Crippen molar-refractivity contribution < 1.29 is 22.0 Å². The van der Waals surface area contributed by atoms with E-state index in [0.29, 0.717) is 25.6 Å². The molecule has 2 unspecified atom stereocenters. The summed E-state index contributed by atoms with van der Waals surface area (Å²) in [5.74, 6) is -1.93. The molecule has 0 radical (unpaired) electrons. The topological polar surface area (TPSA) is 57.7 Å². The summed E-state index contributed by atoms with van der Waals surface area (Å²) in [5, 5.41) is 0. The van der Waals surface area contributed by atoms with Crippen LogP contribution in [0.5, 0.6) is 0 Å². The molecule has 0 bridgehead atoms. The minimum Gasteiger partial charge on any atom is -0.337 e. The lowest BCUT2D eigenvalue weighted by atomic mass is 9.84. The predicted octanol–water partition coefficient (Wildman–Crippen LogP) is 1.07. The van der Waals surface area contributed by atoms with Gasteiger partial charge in [0.15, 0.2) is 0 Å². The maximum atomic E-state index is 13.7. The molecule has 0 saturated carbocycles. The average molecular weight is 330 g/mol. The summed E-state index contributed by atoms with van der Waals surface area (Å²) in [5.41, 5.74) is -0.190. The highest BCUT2D eigenvalue weighted by Gasteiger charge is 2.47. The minimum absolute atomic E-state index is 0.190. The number of rotatable bonds is 2. The van der Waals surface area contributed by atoms with E-state index >= 15 is 0 Å². The molecule has 2 atom stereocenters. The largest absolute Gasteiger partial charge is 0.337 e. The Bertz CT molecular complexity index is 723. The molecule has 3 rings (SSSR count). The van der Waals surface area contributed by atoms with E-state index in [1.807, 2.05) is 0 Å². The zero-order valence-electron chi connectivity index (χ0n) is 12.0. The molecular formula is C14H16F2N2O3S. The van der Waals surface area contributed by atoms with Crippen LogP contribution in [0.25, 0.3) is 0 Å². The summed E-state index contributed by atoms with van der Waals surface area (Å²) in [7, 11) is -3.29. The number of benzene rings is 1. The van der Waals surface area contributed by atoms with Crippen LogP contribution in [-0.4, -0.2) is 55.5 Å². The number of halogens is 2. The van der Waals surface area contributed by atoms with Gasteiger partial charge < -0.3 is 4.90 Å². The molecule has 1 aromatic carbocycles. The van der Waals surface area contributed by atoms with E-state index in [1.54, 1.807) is 0 Å². The molecule has 120 valence electrons. The van der Waals surface area contributed by atoms with Gasteiger partial charge in [-0.05, 0) is 24.5 Å². The fraction of sp³-hybridized carbons (Fsp3) is 0.500. The third-order valence-corrected chi connectivity index (χ3v) is 5.65. The second kappa shape index (κ2) is 5.27. The second-order valence-electron chi connectivity index (χ2n) is 5.82. The number of hydrogen-bond donors (Lipinski definition) is 0. The quantitative estimate of drug-likeness (QED) is 0.815. The molecule has 0 aromatic heterocycles. The van der Waals surface area contributed by atoms with Gasteiger partial charge in [-0.25, -0.2) is 17.2 Å². The lowest BCUT2D eigenvalue weighted by molar-refractivity contribution is 0.0139. The van der Waals surface area contributed by atoms with Crippen LogP contribution in [0.15, 0.2) is 18.2 Å². The highest BCUT2D eigenvalue weighted by atomic mass is 32.2. The van der Waals surface area contributed by atoms with E-state index in [-0.39, 0.29) is 24.1 Å². The first-order chi connectivity index (χ1) is 10.3. The lowest BCUT2D eigenvalue weighted by Gasteiger charge is -2.51. The Balaban J connectivity index is 1.77. The number of carbonyl (C=O) groups excluding carboxylic acids is 1. The van der Waals surface area contributed by atoms with E-state index in [4.69, 9.17) is 0 Å². The molecule has 2 aliphatic heterocycles. The number of carbonyl (C=O) groups is 1. The molecule has 8 heteroatoms. The minimum atomic E-state index is -3.29. The molecule has 22 heavy (non-hydrogen) atoms. The van der Waals surface area contributed by atoms with E-state index in [1.165, 1.54) is 9.21 Å². The van der Waals surface area contributed by atoms with Gasteiger partial charge >= 0.3 is 0 Å². The van der Waals surface area contributed by atoms with Crippen molar-refractivity contribution in [1.82, 2.24) is 9.21 Å². The summed E-state index contributed by atoms with van der Waals surface area (Å²) in [6, 6.07) is 2.59. The molecule has 5 nitrogen and oxygen atoms in total. The number of amides is 1. The van der Waals surface area contributed by atoms with E-state index in [2.05, 4.69) is 0 Å². The molecular weight excluding hydrogens is 314 g/mol. The van der Waals surface area contributed by atoms with Crippen LogP contribution >= 0.6 is 0 Å². The number of nitrogens with zero attached hydrogens (tertiary/aromatic N) is 2. The SMILES string of the molecule is CS(=O)(=O)N1CC2CCN(C(=O)c3ccc(F)cc3F)CC21. The molecule has 1 amide bonds. The van der Waals surface area contributed by atoms with E-state index < -0.39 is 27.6 Å². The smallest absolute Gasteiger partial charge is 0.256 e. The fourth-order valence-electron chi connectivity index (χ4n) is 3.15. The number of likely N-dealkylation sites (tertiary alicyclic amines) is 1.